The zero-order valence-corrected chi connectivity index (χ0v) is 15.5. The van der Waals surface area contributed by atoms with Gasteiger partial charge in [0.2, 0.25) is 6.17 Å². The molecular weight excluding hydrogens is 361 g/mol. The standard InChI is InChI=1S/C19H22FNO4.ClH/c1-3-24-19(22)17(20)18(21)14-9-10-15(23-2)16(11-14)25-12-13-7-5-4-6-8-13;/h4-11,17-18H,3,12,21H2,1-2H3;1H/t17?,18-;/m0./s1. The number of nitrogens with two attached hydrogens (primary N) is 1. The Hall–Kier alpha value is -2.31. The van der Waals surface area contributed by atoms with Crippen LogP contribution < -0.4 is 15.2 Å². The Morgan fingerprint density at radius 2 is 1.85 bits per heavy atom. The van der Waals surface area contributed by atoms with Gasteiger partial charge in [-0.2, -0.15) is 0 Å². The molecule has 0 aliphatic carbocycles. The monoisotopic (exact) mass is 383 g/mol. The van der Waals surface area contributed by atoms with Crippen molar-refractivity contribution in [3.63, 3.8) is 0 Å². The molecular formula is C19H23ClFNO4. The maximum absolute atomic E-state index is 14.2. The highest BCUT2D eigenvalue weighted by atomic mass is 35.5. The SMILES string of the molecule is CCOC(=O)C(F)[C@@H](N)c1ccc(OC)c(OCc2ccccc2)c1.Cl. The number of halogens is 2. The molecule has 0 fully saturated rings. The summed E-state index contributed by atoms with van der Waals surface area (Å²) >= 11 is 0. The number of carbonyl (C=O) groups is 1. The van der Waals surface area contributed by atoms with Crippen LogP contribution in [-0.4, -0.2) is 25.9 Å². The van der Waals surface area contributed by atoms with Crippen LogP contribution in [0.15, 0.2) is 48.5 Å². The van der Waals surface area contributed by atoms with E-state index in [1.165, 1.54) is 7.11 Å². The molecule has 142 valence electrons. The van der Waals surface area contributed by atoms with Gasteiger partial charge in [-0.05, 0) is 30.2 Å². The summed E-state index contributed by atoms with van der Waals surface area (Å²) in [6, 6.07) is 13.3. The summed E-state index contributed by atoms with van der Waals surface area (Å²) in [7, 11) is 1.51. The van der Waals surface area contributed by atoms with E-state index in [4.69, 9.17) is 15.2 Å². The zero-order valence-electron chi connectivity index (χ0n) is 14.7. The molecule has 0 heterocycles. The van der Waals surface area contributed by atoms with Crippen LogP contribution in [0, 0.1) is 0 Å². The van der Waals surface area contributed by atoms with E-state index in [-0.39, 0.29) is 19.0 Å². The van der Waals surface area contributed by atoms with Gasteiger partial charge in [0, 0.05) is 0 Å². The molecule has 0 spiro atoms. The molecule has 7 heteroatoms. The molecule has 0 aliphatic rings. The lowest BCUT2D eigenvalue weighted by Crippen LogP contribution is -2.31. The highest BCUT2D eigenvalue weighted by molar-refractivity contribution is 5.85. The number of methoxy groups -OCH3 is 1. The van der Waals surface area contributed by atoms with Gasteiger partial charge in [-0.1, -0.05) is 36.4 Å². The van der Waals surface area contributed by atoms with Crippen LogP contribution in [0.2, 0.25) is 0 Å². The predicted molar refractivity (Wildman–Crippen MR) is 99.5 cm³/mol. The van der Waals surface area contributed by atoms with Crippen LogP contribution in [0.5, 0.6) is 11.5 Å². The quantitative estimate of drug-likeness (QED) is 0.705. The smallest absolute Gasteiger partial charge is 0.342 e. The predicted octanol–water partition coefficient (Wildman–Crippen LogP) is 3.60. The van der Waals surface area contributed by atoms with Crippen molar-refractivity contribution in [2.75, 3.05) is 13.7 Å². The van der Waals surface area contributed by atoms with Gasteiger partial charge in [0.25, 0.3) is 0 Å². The molecule has 5 nitrogen and oxygen atoms in total. The number of esters is 1. The molecule has 0 saturated heterocycles. The van der Waals surface area contributed by atoms with Crippen molar-refractivity contribution in [2.24, 2.45) is 5.73 Å². The molecule has 0 radical (unpaired) electrons. The lowest BCUT2D eigenvalue weighted by molar-refractivity contribution is -0.149. The summed E-state index contributed by atoms with van der Waals surface area (Å²) in [5, 5.41) is 0. The molecule has 2 rings (SSSR count). The third-order valence-corrected chi connectivity index (χ3v) is 3.64. The average Bonchev–Trinajstić information content (AvgIpc) is 2.66. The largest absolute Gasteiger partial charge is 0.493 e. The molecule has 26 heavy (non-hydrogen) atoms. The second-order valence-corrected chi connectivity index (χ2v) is 5.36. The molecule has 0 aromatic heterocycles. The summed E-state index contributed by atoms with van der Waals surface area (Å²) in [4.78, 5) is 11.5. The van der Waals surface area contributed by atoms with Crippen molar-refractivity contribution in [3.05, 3.63) is 59.7 Å². The first-order valence-corrected chi connectivity index (χ1v) is 7.97. The normalized spacial score (nSPS) is 12.5. The Labute approximate surface area is 158 Å². The number of alkyl halides is 1. The van der Waals surface area contributed by atoms with E-state index in [0.717, 1.165) is 5.56 Å². The summed E-state index contributed by atoms with van der Waals surface area (Å²) in [6.45, 7) is 2.03. The van der Waals surface area contributed by atoms with Crippen molar-refractivity contribution in [3.8, 4) is 11.5 Å². The Kier molecular flexibility index (Phi) is 8.88. The molecule has 2 aromatic carbocycles. The van der Waals surface area contributed by atoms with Crippen molar-refractivity contribution in [1.29, 1.82) is 0 Å². The van der Waals surface area contributed by atoms with Crippen molar-refractivity contribution in [2.45, 2.75) is 25.7 Å². The fourth-order valence-electron chi connectivity index (χ4n) is 2.29. The van der Waals surface area contributed by atoms with Gasteiger partial charge in [-0.25, -0.2) is 9.18 Å². The number of benzene rings is 2. The van der Waals surface area contributed by atoms with Gasteiger partial charge in [-0.15, -0.1) is 12.4 Å². The molecule has 2 N–H and O–H groups in total. The van der Waals surface area contributed by atoms with Gasteiger partial charge in [-0.3, -0.25) is 0 Å². The van der Waals surface area contributed by atoms with Gasteiger partial charge >= 0.3 is 5.97 Å². The van der Waals surface area contributed by atoms with E-state index < -0.39 is 18.2 Å². The third-order valence-electron chi connectivity index (χ3n) is 3.64. The van der Waals surface area contributed by atoms with Gasteiger partial charge in [0.1, 0.15) is 6.61 Å². The Morgan fingerprint density at radius 1 is 1.15 bits per heavy atom. The summed E-state index contributed by atoms with van der Waals surface area (Å²) in [6.07, 6.45) is -1.95. The lowest BCUT2D eigenvalue weighted by atomic mass is 10.0. The van der Waals surface area contributed by atoms with E-state index >= 15 is 0 Å². The number of hydrogen-bond acceptors (Lipinski definition) is 5. The number of hydrogen-bond donors (Lipinski definition) is 1. The minimum absolute atomic E-state index is 0. The number of rotatable bonds is 8. The topological polar surface area (TPSA) is 70.8 Å². The van der Waals surface area contributed by atoms with Crippen LogP contribution in [0.25, 0.3) is 0 Å². The highest BCUT2D eigenvalue weighted by Gasteiger charge is 2.28. The molecule has 0 amide bonds. The van der Waals surface area contributed by atoms with E-state index in [1.807, 2.05) is 30.3 Å². The highest BCUT2D eigenvalue weighted by Crippen LogP contribution is 2.32. The molecule has 1 unspecified atom stereocenters. The van der Waals surface area contributed by atoms with E-state index in [0.29, 0.717) is 23.7 Å². The minimum Gasteiger partial charge on any atom is -0.493 e. The maximum atomic E-state index is 14.2. The summed E-state index contributed by atoms with van der Waals surface area (Å²) in [5.74, 6) is -0.0497. The van der Waals surface area contributed by atoms with Crippen LogP contribution in [0.4, 0.5) is 4.39 Å². The second kappa shape index (κ2) is 10.6. The first kappa shape index (κ1) is 21.7. The van der Waals surface area contributed by atoms with Gasteiger partial charge < -0.3 is 19.9 Å². The zero-order chi connectivity index (χ0) is 18.2. The van der Waals surface area contributed by atoms with Crippen LogP contribution >= 0.6 is 12.4 Å². The van der Waals surface area contributed by atoms with E-state index in [2.05, 4.69) is 4.74 Å². The van der Waals surface area contributed by atoms with Crippen LogP contribution in [-0.2, 0) is 16.1 Å². The number of carbonyl (C=O) groups excluding carboxylic acids is 1. The van der Waals surface area contributed by atoms with Gasteiger partial charge in [0.05, 0.1) is 19.8 Å². The number of ether oxygens (including phenoxy) is 3. The molecule has 0 saturated carbocycles. The minimum atomic E-state index is -1.95. The van der Waals surface area contributed by atoms with Crippen molar-refractivity contribution >= 4 is 18.4 Å². The summed E-state index contributed by atoms with van der Waals surface area (Å²) < 4.78 is 29.9. The van der Waals surface area contributed by atoms with Crippen LogP contribution in [0.1, 0.15) is 24.1 Å². The first-order valence-electron chi connectivity index (χ1n) is 7.97. The molecule has 0 bridgehead atoms. The van der Waals surface area contributed by atoms with Gasteiger partial charge in [0.15, 0.2) is 11.5 Å². The summed E-state index contributed by atoms with van der Waals surface area (Å²) in [5.41, 5.74) is 7.27. The first-order chi connectivity index (χ1) is 12.1. The molecule has 0 aliphatic heterocycles. The fourth-order valence-corrected chi connectivity index (χ4v) is 2.29. The third kappa shape index (κ3) is 5.61. The van der Waals surface area contributed by atoms with Crippen molar-refractivity contribution < 1.29 is 23.4 Å². The average molecular weight is 384 g/mol. The van der Waals surface area contributed by atoms with Crippen LogP contribution in [0.3, 0.4) is 0 Å². The Bertz CT molecular complexity index is 699. The molecule has 2 aromatic rings. The van der Waals surface area contributed by atoms with E-state index in [9.17, 15) is 9.18 Å². The maximum Gasteiger partial charge on any atom is 0.342 e. The molecule has 2 atom stereocenters. The fraction of sp³-hybridized carbons (Fsp3) is 0.316. The van der Waals surface area contributed by atoms with Crippen molar-refractivity contribution in [1.82, 2.24) is 0 Å². The lowest BCUT2D eigenvalue weighted by Gasteiger charge is -2.18. The Morgan fingerprint density at radius 3 is 2.46 bits per heavy atom. The Balaban J connectivity index is 0.00000338. The van der Waals surface area contributed by atoms with E-state index in [1.54, 1.807) is 25.1 Å². The second-order valence-electron chi connectivity index (χ2n) is 5.36.